The van der Waals surface area contributed by atoms with Crippen molar-refractivity contribution in [2.24, 2.45) is 5.92 Å². The third-order valence-corrected chi connectivity index (χ3v) is 5.16. The number of hydrogen-bond donors (Lipinski definition) is 0. The van der Waals surface area contributed by atoms with E-state index < -0.39 is 0 Å². The van der Waals surface area contributed by atoms with Crippen LogP contribution in [0.1, 0.15) is 38.5 Å². The van der Waals surface area contributed by atoms with Gasteiger partial charge in [-0.2, -0.15) is 0 Å². The maximum atomic E-state index is 12.9. The lowest BCUT2D eigenvalue weighted by molar-refractivity contribution is -0.134. The van der Waals surface area contributed by atoms with Crippen LogP contribution in [-0.2, 0) is 9.59 Å². The zero-order valence-corrected chi connectivity index (χ0v) is 15.2. The lowest BCUT2D eigenvalue weighted by Gasteiger charge is -2.33. The summed E-state index contributed by atoms with van der Waals surface area (Å²) in [6.07, 6.45) is 4.83. The Morgan fingerprint density at radius 2 is 2.00 bits per heavy atom. The molecule has 2 saturated heterocycles. The molecule has 142 valence electrons. The van der Waals surface area contributed by atoms with Crippen molar-refractivity contribution in [1.29, 1.82) is 0 Å². The van der Waals surface area contributed by atoms with Crippen LogP contribution in [-0.4, -0.2) is 54.4 Å². The average molecular weight is 362 g/mol. The predicted octanol–water partition coefficient (Wildman–Crippen LogP) is 2.85. The first-order valence-electron chi connectivity index (χ1n) is 9.56. The number of piperidine rings is 1. The number of benzene rings is 1. The van der Waals surface area contributed by atoms with Crippen LogP contribution in [0.25, 0.3) is 0 Å². The minimum Gasteiger partial charge on any atom is -0.493 e. The zero-order valence-electron chi connectivity index (χ0n) is 15.2. The first kappa shape index (κ1) is 18.7. The highest BCUT2D eigenvalue weighted by Crippen LogP contribution is 2.20. The minimum atomic E-state index is -0.276. The first-order valence-corrected chi connectivity index (χ1v) is 9.56. The second-order valence-electron chi connectivity index (χ2n) is 7.20. The molecule has 0 bridgehead atoms. The number of amides is 2. The second kappa shape index (κ2) is 9.01. The van der Waals surface area contributed by atoms with Crippen molar-refractivity contribution in [2.45, 2.75) is 38.5 Å². The molecule has 2 heterocycles. The van der Waals surface area contributed by atoms with Gasteiger partial charge < -0.3 is 14.5 Å². The summed E-state index contributed by atoms with van der Waals surface area (Å²) in [6, 6.07) is 6.02. The molecule has 0 radical (unpaired) electrons. The van der Waals surface area contributed by atoms with Crippen molar-refractivity contribution in [3.63, 3.8) is 0 Å². The number of ether oxygens (including phenoxy) is 1. The molecule has 6 heteroatoms. The summed E-state index contributed by atoms with van der Waals surface area (Å²) in [4.78, 5) is 27.8. The molecule has 0 aliphatic carbocycles. The summed E-state index contributed by atoms with van der Waals surface area (Å²) >= 11 is 0. The summed E-state index contributed by atoms with van der Waals surface area (Å²) in [5.74, 6) is 1.07. The van der Waals surface area contributed by atoms with E-state index in [0.29, 0.717) is 44.2 Å². The maximum Gasteiger partial charge on any atom is 0.222 e. The summed E-state index contributed by atoms with van der Waals surface area (Å²) in [5, 5.41) is 0. The molecule has 2 amide bonds. The molecule has 26 heavy (non-hydrogen) atoms. The van der Waals surface area contributed by atoms with Gasteiger partial charge in [0, 0.05) is 44.9 Å². The Kier molecular flexibility index (Phi) is 6.47. The third-order valence-electron chi connectivity index (χ3n) is 5.16. The first-order chi connectivity index (χ1) is 12.6. The van der Waals surface area contributed by atoms with Crippen molar-refractivity contribution < 1.29 is 18.7 Å². The molecule has 2 fully saturated rings. The van der Waals surface area contributed by atoms with Crippen LogP contribution in [0.15, 0.2) is 24.3 Å². The molecule has 1 atom stereocenters. The highest BCUT2D eigenvalue weighted by atomic mass is 19.1. The molecule has 5 nitrogen and oxygen atoms in total. The van der Waals surface area contributed by atoms with Gasteiger partial charge >= 0.3 is 0 Å². The van der Waals surface area contributed by atoms with Crippen LogP contribution in [0, 0.1) is 11.7 Å². The van der Waals surface area contributed by atoms with Gasteiger partial charge in [-0.15, -0.1) is 0 Å². The number of nitrogens with zero attached hydrogens (tertiary/aromatic N) is 2. The number of rotatable bonds is 7. The smallest absolute Gasteiger partial charge is 0.222 e. The van der Waals surface area contributed by atoms with Crippen LogP contribution in [0.3, 0.4) is 0 Å². The molecule has 0 N–H and O–H groups in total. The van der Waals surface area contributed by atoms with E-state index in [1.54, 1.807) is 12.1 Å². The van der Waals surface area contributed by atoms with Crippen molar-refractivity contribution in [2.75, 3.05) is 32.8 Å². The molecule has 2 aliphatic heterocycles. The Hall–Kier alpha value is -2.11. The predicted molar refractivity (Wildman–Crippen MR) is 96.2 cm³/mol. The van der Waals surface area contributed by atoms with Gasteiger partial charge in [0.2, 0.25) is 11.8 Å². The standard InChI is InChI=1S/C20H27FN2O3/c21-17-7-9-18(10-8-17)26-15-16-4-1-13-23(14-16)20(25)6-3-12-22-11-2-5-19(22)24/h7-10,16H,1-6,11-15H2/t16-/m1/s1. The average Bonchev–Trinajstić information content (AvgIpc) is 3.06. The van der Waals surface area contributed by atoms with Gasteiger partial charge in [0.25, 0.3) is 0 Å². The van der Waals surface area contributed by atoms with E-state index in [9.17, 15) is 14.0 Å². The molecular weight excluding hydrogens is 335 g/mol. The fourth-order valence-corrected chi connectivity index (χ4v) is 3.69. The molecule has 0 saturated carbocycles. The molecule has 2 aliphatic rings. The van der Waals surface area contributed by atoms with Gasteiger partial charge in [-0.1, -0.05) is 0 Å². The highest BCUT2D eigenvalue weighted by molar-refractivity contribution is 5.78. The Labute approximate surface area is 154 Å². The number of carbonyl (C=O) groups excluding carboxylic acids is 2. The van der Waals surface area contributed by atoms with Gasteiger partial charge in [-0.25, -0.2) is 4.39 Å². The molecule has 0 unspecified atom stereocenters. The Morgan fingerprint density at radius 1 is 1.19 bits per heavy atom. The Balaban J connectivity index is 1.38. The lowest BCUT2D eigenvalue weighted by atomic mass is 9.98. The monoisotopic (exact) mass is 362 g/mol. The number of likely N-dealkylation sites (tertiary alicyclic amines) is 2. The van der Waals surface area contributed by atoms with Gasteiger partial charge in [-0.05, 0) is 49.9 Å². The quantitative estimate of drug-likeness (QED) is 0.749. The molecule has 1 aromatic carbocycles. The van der Waals surface area contributed by atoms with Crippen molar-refractivity contribution >= 4 is 11.8 Å². The van der Waals surface area contributed by atoms with Gasteiger partial charge in [-0.3, -0.25) is 9.59 Å². The van der Waals surface area contributed by atoms with E-state index in [1.807, 2.05) is 9.80 Å². The molecule has 0 spiro atoms. The summed E-state index contributed by atoms with van der Waals surface area (Å²) in [5.41, 5.74) is 0. The maximum absolute atomic E-state index is 12.9. The SMILES string of the molecule is O=C1CCCN1CCCC(=O)N1CCC[C@@H](COc2ccc(F)cc2)C1. The number of carbonyl (C=O) groups is 2. The van der Waals surface area contributed by atoms with Gasteiger partial charge in [0.05, 0.1) is 6.61 Å². The molecule has 1 aromatic rings. The van der Waals surface area contributed by atoms with E-state index >= 15 is 0 Å². The van der Waals surface area contributed by atoms with Crippen LogP contribution in [0.4, 0.5) is 4.39 Å². The highest BCUT2D eigenvalue weighted by Gasteiger charge is 2.25. The molecule has 0 aromatic heterocycles. The fraction of sp³-hybridized carbons (Fsp3) is 0.600. The zero-order chi connectivity index (χ0) is 18.4. The van der Waals surface area contributed by atoms with Crippen LogP contribution in [0.5, 0.6) is 5.75 Å². The molecular formula is C20H27FN2O3. The van der Waals surface area contributed by atoms with Crippen LogP contribution in [0.2, 0.25) is 0 Å². The normalized spacial score (nSPS) is 20.5. The van der Waals surface area contributed by atoms with E-state index in [0.717, 1.165) is 38.8 Å². The molecule has 3 rings (SSSR count). The van der Waals surface area contributed by atoms with E-state index in [-0.39, 0.29) is 17.6 Å². The van der Waals surface area contributed by atoms with Crippen molar-refractivity contribution in [3.05, 3.63) is 30.1 Å². The van der Waals surface area contributed by atoms with E-state index in [2.05, 4.69) is 0 Å². The number of hydrogen-bond acceptors (Lipinski definition) is 3. The number of halogens is 1. The van der Waals surface area contributed by atoms with Gasteiger partial charge in [0.15, 0.2) is 0 Å². The Morgan fingerprint density at radius 3 is 2.73 bits per heavy atom. The van der Waals surface area contributed by atoms with E-state index in [4.69, 9.17) is 4.74 Å². The largest absolute Gasteiger partial charge is 0.493 e. The summed E-state index contributed by atoms with van der Waals surface area (Å²) in [7, 11) is 0. The minimum absolute atomic E-state index is 0.170. The Bertz CT molecular complexity index is 620. The van der Waals surface area contributed by atoms with Crippen molar-refractivity contribution in [1.82, 2.24) is 9.80 Å². The third kappa shape index (κ3) is 5.19. The topological polar surface area (TPSA) is 49.9 Å². The summed E-state index contributed by atoms with van der Waals surface area (Å²) in [6.45, 7) is 3.57. The van der Waals surface area contributed by atoms with Crippen molar-refractivity contribution in [3.8, 4) is 5.75 Å². The second-order valence-corrected chi connectivity index (χ2v) is 7.20. The fourth-order valence-electron chi connectivity index (χ4n) is 3.69. The summed E-state index contributed by atoms with van der Waals surface area (Å²) < 4.78 is 18.7. The van der Waals surface area contributed by atoms with Crippen LogP contribution < -0.4 is 4.74 Å². The van der Waals surface area contributed by atoms with E-state index in [1.165, 1.54) is 12.1 Å². The van der Waals surface area contributed by atoms with Crippen LogP contribution >= 0.6 is 0 Å². The lowest BCUT2D eigenvalue weighted by Crippen LogP contribution is -2.41. The van der Waals surface area contributed by atoms with Gasteiger partial charge in [0.1, 0.15) is 11.6 Å².